The van der Waals surface area contributed by atoms with Gasteiger partial charge in [-0.3, -0.25) is 4.79 Å². The molecule has 0 aliphatic heterocycles. The maximum absolute atomic E-state index is 11.8. The Labute approximate surface area is 153 Å². The highest BCUT2D eigenvalue weighted by Gasteiger charge is 2.04. The summed E-state index contributed by atoms with van der Waals surface area (Å²) in [7, 11) is 0. The van der Waals surface area contributed by atoms with Crippen molar-refractivity contribution < 1.29 is 19.4 Å². The average molecular weight is 356 g/mol. The molecule has 0 spiro atoms. The molecule has 2 aromatic carbocycles. The SMILES string of the molecule is CCCOc1ccc(/C=N/NC(=O)COc2cc(C)cc(C)c2)c(O)c1. The molecule has 0 unspecified atom stereocenters. The van der Waals surface area contributed by atoms with Crippen molar-refractivity contribution in [3.63, 3.8) is 0 Å². The topological polar surface area (TPSA) is 80.2 Å². The van der Waals surface area contributed by atoms with Crippen LogP contribution in [0.15, 0.2) is 41.5 Å². The van der Waals surface area contributed by atoms with Gasteiger partial charge in [0.15, 0.2) is 6.61 Å². The van der Waals surface area contributed by atoms with E-state index in [1.807, 2.05) is 39.0 Å². The molecule has 6 nitrogen and oxygen atoms in total. The molecule has 0 aliphatic rings. The van der Waals surface area contributed by atoms with Crippen LogP contribution in [-0.2, 0) is 4.79 Å². The van der Waals surface area contributed by atoms with E-state index in [1.54, 1.807) is 12.1 Å². The molecule has 0 aromatic heterocycles. The number of amides is 1. The third-order valence-electron chi connectivity index (χ3n) is 3.43. The molecule has 0 heterocycles. The van der Waals surface area contributed by atoms with Gasteiger partial charge in [0.05, 0.1) is 12.8 Å². The van der Waals surface area contributed by atoms with Crippen LogP contribution in [-0.4, -0.2) is 30.4 Å². The summed E-state index contributed by atoms with van der Waals surface area (Å²) in [5.74, 6) is 0.875. The largest absolute Gasteiger partial charge is 0.507 e. The number of benzene rings is 2. The van der Waals surface area contributed by atoms with Crippen LogP contribution >= 0.6 is 0 Å². The smallest absolute Gasteiger partial charge is 0.277 e. The Kier molecular flexibility index (Phi) is 7.02. The van der Waals surface area contributed by atoms with Crippen LogP contribution in [0.2, 0.25) is 0 Å². The predicted octanol–water partition coefficient (Wildman–Crippen LogP) is 3.33. The molecule has 0 atom stereocenters. The van der Waals surface area contributed by atoms with Crippen molar-refractivity contribution in [3.8, 4) is 17.2 Å². The maximum atomic E-state index is 11.8. The molecule has 6 heteroatoms. The predicted molar refractivity (Wildman–Crippen MR) is 101 cm³/mol. The van der Waals surface area contributed by atoms with Gasteiger partial charge in [0, 0.05) is 11.6 Å². The van der Waals surface area contributed by atoms with Crippen molar-refractivity contribution in [2.24, 2.45) is 5.10 Å². The molecule has 0 bridgehead atoms. The van der Waals surface area contributed by atoms with Crippen LogP contribution in [0.3, 0.4) is 0 Å². The average Bonchev–Trinajstić information content (AvgIpc) is 2.59. The second kappa shape index (κ2) is 9.46. The maximum Gasteiger partial charge on any atom is 0.277 e. The molecule has 2 N–H and O–H groups in total. The van der Waals surface area contributed by atoms with E-state index >= 15 is 0 Å². The third-order valence-corrected chi connectivity index (χ3v) is 3.43. The molecular formula is C20H24N2O4. The molecule has 0 saturated carbocycles. The van der Waals surface area contributed by atoms with Crippen molar-refractivity contribution in [2.75, 3.05) is 13.2 Å². The Bertz CT molecular complexity index is 767. The highest BCUT2D eigenvalue weighted by molar-refractivity contribution is 5.85. The number of aromatic hydroxyl groups is 1. The van der Waals surface area contributed by atoms with Crippen molar-refractivity contribution in [2.45, 2.75) is 27.2 Å². The Morgan fingerprint density at radius 2 is 1.85 bits per heavy atom. The lowest BCUT2D eigenvalue weighted by atomic mass is 10.1. The number of carbonyl (C=O) groups excluding carboxylic acids is 1. The Balaban J connectivity index is 1.84. The standard InChI is InChI=1S/C20H24N2O4/c1-4-7-25-17-6-5-16(19(23)11-17)12-21-22-20(24)13-26-18-9-14(2)8-15(3)10-18/h5-6,8-12,23H,4,7,13H2,1-3H3,(H,22,24)/b21-12+. The number of aryl methyl sites for hydroxylation is 2. The van der Waals surface area contributed by atoms with Gasteiger partial charge < -0.3 is 14.6 Å². The van der Waals surface area contributed by atoms with Gasteiger partial charge in [-0.15, -0.1) is 0 Å². The van der Waals surface area contributed by atoms with Crippen LogP contribution in [0.4, 0.5) is 0 Å². The third kappa shape index (κ3) is 6.12. The molecule has 0 saturated heterocycles. The van der Waals surface area contributed by atoms with Gasteiger partial charge in [0.25, 0.3) is 5.91 Å². The quantitative estimate of drug-likeness (QED) is 0.562. The molecule has 0 aliphatic carbocycles. The first-order chi connectivity index (χ1) is 12.5. The molecule has 2 aromatic rings. The zero-order valence-electron chi connectivity index (χ0n) is 15.3. The number of nitrogens with zero attached hydrogens (tertiary/aromatic N) is 1. The lowest BCUT2D eigenvalue weighted by Gasteiger charge is -2.07. The van der Waals surface area contributed by atoms with Gasteiger partial charge >= 0.3 is 0 Å². The lowest BCUT2D eigenvalue weighted by Crippen LogP contribution is -2.24. The Morgan fingerprint density at radius 3 is 2.50 bits per heavy atom. The number of carbonyl (C=O) groups is 1. The van der Waals surface area contributed by atoms with Crippen molar-refractivity contribution in [1.29, 1.82) is 0 Å². The minimum Gasteiger partial charge on any atom is -0.507 e. The monoisotopic (exact) mass is 356 g/mol. The van der Waals surface area contributed by atoms with Gasteiger partial charge in [-0.25, -0.2) is 5.43 Å². The van der Waals surface area contributed by atoms with Crippen molar-refractivity contribution >= 4 is 12.1 Å². The summed E-state index contributed by atoms with van der Waals surface area (Å²) in [5.41, 5.74) is 4.99. The van der Waals surface area contributed by atoms with E-state index in [-0.39, 0.29) is 18.3 Å². The van der Waals surface area contributed by atoms with Crippen LogP contribution < -0.4 is 14.9 Å². The van der Waals surface area contributed by atoms with Crippen molar-refractivity contribution in [1.82, 2.24) is 5.43 Å². The fourth-order valence-electron chi connectivity index (χ4n) is 2.31. The number of ether oxygens (including phenoxy) is 2. The van der Waals surface area contributed by atoms with E-state index in [1.165, 1.54) is 12.3 Å². The summed E-state index contributed by atoms with van der Waals surface area (Å²) in [4.78, 5) is 11.8. The summed E-state index contributed by atoms with van der Waals surface area (Å²) in [5, 5.41) is 13.8. The fraction of sp³-hybridized carbons (Fsp3) is 0.300. The minimum atomic E-state index is -0.386. The molecule has 0 fully saturated rings. The number of phenols is 1. The van der Waals surface area contributed by atoms with E-state index in [4.69, 9.17) is 9.47 Å². The summed E-state index contributed by atoms with van der Waals surface area (Å²) >= 11 is 0. The zero-order chi connectivity index (χ0) is 18.9. The molecule has 0 radical (unpaired) electrons. The minimum absolute atomic E-state index is 0.0306. The highest BCUT2D eigenvalue weighted by Crippen LogP contribution is 2.22. The van der Waals surface area contributed by atoms with E-state index in [0.29, 0.717) is 23.7 Å². The number of rotatable bonds is 8. The lowest BCUT2D eigenvalue weighted by molar-refractivity contribution is -0.123. The summed E-state index contributed by atoms with van der Waals surface area (Å²) in [6, 6.07) is 10.7. The normalized spacial score (nSPS) is 10.7. The fourth-order valence-corrected chi connectivity index (χ4v) is 2.31. The molecule has 2 rings (SSSR count). The van der Waals surface area contributed by atoms with Crippen LogP contribution in [0.25, 0.3) is 0 Å². The first-order valence-electron chi connectivity index (χ1n) is 8.46. The number of nitrogens with one attached hydrogen (secondary N) is 1. The number of phenolic OH excluding ortho intramolecular Hbond substituents is 1. The van der Waals surface area contributed by atoms with Gasteiger partial charge in [-0.1, -0.05) is 13.0 Å². The number of hydrazone groups is 1. The van der Waals surface area contributed by atoms with E-state index in [0.717, 1.165) is 17.5 Å². The summed E-state index contributed by atoms with van der Waals surface area (Å²) in [6.07, 6.45) is 2.26. The molecule has 26 heavy (non-hydrogen) atoms. The van der Waals surface area contributed by atoms with Gasteiger partial charge in [-0.05, 0) is 55.7 Å². The Hall–Kier alpha value is -3.02. The summed E-state index contributed by atoms with van der Waals surface area (Å²) in [6.45, 7) is 6.39. The Morgan fingerprint density at radius 1 is 1.12 bits per heavy atom. The van der Waals surface area contributed by atoms with Crippen LogP contribution in [0.1, 0.15) is 30.0 Å². The number of hydrogen-bond donors (Lipinski definition) is 2. The van der Waals surface area contributed by atoms with E-state index < -0.39 is 0 Å². The zero-order valence-corrected chi connectivity index (χ0v) is 15.3. The van der Waals surface area contributed by atoms with Gasteiger partial charge in [0.1, 0.15) is 17.2 Å². The molecular weight excluding hydrogens is 332 g/mol. The van der Waals surface area contributed by atoms with Crippen LogP contribution in [0.5, 0.6) is 17.2 Å². The second-order valence-electron chi connectivity index (χ2n) is 5.97. The number of hydrogen-bond acceptors (Lipinski definition) is 5. The summed E-state index contributed by atoms with van der Waals surface area (Å²) < 4.78 is 10.9. The highest BCUT2D eigenvalue weighted by atomic mass is 16.5. The molecule has 138 valence electrons. The van der Waals surface area contributed by atoms with E-state index in [2.05, 4.69) is 10.5 Å². The van der Waals surface area contributed by atoms with Crippen LogP contribution in [0, 0.1) is 13.8 Å². The molecule has 1 amide bonds. The first-order valence-corrected chi connectivity index (χ1v) is 8.46. The van der Waals surface area contributed by atoms with Crippen molar-refractivity contribution in [3.05, 3.63) is 53.1 Å². The van der Waals surface area contributed by atoms with Gasteiger partial charge in [-0.2, -0.15) is 5.10 Å². The first kappa shape index (κ1) is 19.3. The van der Waals surface area contributed by atoms with E-state index in [9.17, 15) is 9.90 Å². The van der Waals surface area contributed by atoms with Gasteiger partial charge in [0.2, 0.25) is 0 Å². The second-order valence-corrected chi connectivity index (χ2v) is 5.97.